The van der Waals surface area contributed by atoms with E-state index >= 15 is 0 Å². The van der Waals surface area contributed by atoms with Gasteiger partial charge < -0.3 is 25.2 Å². The van der Waals surface area contributed by atoms with Crippen molar-refractivity contribution in [3.8, 4) is 0 Å². The van der Waals surface area contributed by atoms with E-state index in [1.54, 1.807) is 0 Å². The number of hydrogen-bond donors (Lipinski definition) is 3. The fraction of sp³-hybridized carbons (Fsp3) is 0.755. The number of nitrogens with two attached hydrogens (primary N) is 1. The Hall–Kier alpha value is -2.33. The second kappa shape index (κ2) is 44.7. The highest BCUT2D eigenvalue weighted by Gasteiger charge is 2.27. The van der Waals surface area contributed by atoms with Crippen LogP contribution in [0.3, 0.4) is 0 Å². The minimum atomic E-state index is -4.62. The molecule has 0 saturated carbocycles. The van der Waals surface area contributed by atoms with E-state index in [-0.39, 0.29) is 13.0 Å². The second-order valence-corrected chi connectivity index (χ2v) is 17.3. The van der Waals surface area contributed by atoms with Crippen LogP contribution in [0, 0.1) is 0 Å². The molecule has 0 bridgehead atoms. The smallest absolute Gasteiger partial charge is 0.472 e. The van der Waals surface area contributed by atoms with Gasteiger partial charge in [0.05, 0.1) is 19.8 Å². The van der Waals surface area contributed by atoms with Crippen LogP contribution in [0.15, 0.2) is 60.8 Å². The van der Waals surface area contributed by atoms with Crippen molar-refractivity contribution in [3.05, 3.63) is 60.8 Å². The van der Waals surface area contributed by atoms with Crippen LogP contribution >= 0.6 is 7.82 Å². The zero-order valence-corrected chi connectivity index (χ0v) is 38.9. The van der Waals surface area contributed by atoms with Crippen LogP contribution in [-0.2, 0) is 32.7 Å². The molecule has 0 radical (unpaired) electrons. The lowest BCUT2D eigenvalue weighted by Crippen LogP contribution is -2.34. The van der Waals surface area contributed by atoms with Gasteiger partial charge in [0.15, 0.2) is 0 Å². The molecule has 0 saturated heterocycles. The number of unbranched alkanes of at least 4 members (excludes halogenated alkanes) is 21. The van der Waals surface area contributed by atoms with E-state index in [1.165, 1.54) is 96.3 Å². The van der Waals surface area contributed by atoms with Gasteiger partial charge in [-0.2, -0.15) is 0 Å². The number of ether oxygens (including phenoxy) is 2. The Labute approximate surface area is 366 Å². The first kappa shape index (κ1) is 57.7. The molecule has 4 N–H and O–H groups in total. The van der Waals surface area contributed by atoms with Gasteiger partial charge in [-0.05, 0) is 57.8 Å². The molecule has 3 unspecified atom stereocenters. The molecular weight excluding hydrogens is 778 g/mol. The molecule has 0 rings (SSSR count). The summed E-state index contributed by atoms with van der Waals surface area (Å²) in [5.41, 5.74) is 5.36. The Morgan fingerprint density at radius 1 is 0.550 bits per heavy atom. The lowest BCUT2D eigenvalue weighted by Gasteiger charge is -2.20. The Kier molecular flexibility index (Phi) is 43.0. The van der Waals surface area contributed by atoms with E-state index in [4.69, 9.17) is 29.4 Å². The Morgan fingerprint density at radius 2 is 0.967 bits per heavy atom. The van der Waals surface area contributed by atoms with Crippen molar-refractivity contribution >= 4 is 19.8 Å². The molecule has 3 atom stereocenters. The Bertz CT molecular complexity index is 1190. The number of rotatable bonds is 45. The molecule has 0 aliphatic carbocycles. The molecule has 348 valence electrons. The molecule has 11 heteroatoms. The van der Waals surface area contributed by atoms with Crippen LogP contribution in [0.4, 0.5) is 0 Å². The molecule has 0 aliphatic heterocycles. The molecule has 0 aromatic carbocycles. The lowest BCUT2D eigenvalue weighted by atomic mass is 10.0. The number of phosphoric ester groups is 1. The van der Waals surface area contributed by atoms with Gasteiger partial charge in [-0.15, -0.1) is 0 Å². The summed E-state index contributed by atoms with van der Waals surface area (Å²) in [5, 5.41) is 8.91. The highest BCUT2D eigenvalue weighted by Crippen LogP contribution is 2.43. The third-order valence-electron chi connectivity index (χ3n) is 10.1. The summed E-state index contributed by atoms with van der Waals surface area (Å²) >= 11 is 0. The average molecular weight is 866 g/mol. The molecule has 0 heterocycles. The first-order chi connectivity index (χ1) is 29.2. The predicted octanol–water partition coefficient (Wildman–Crippen LogP) is 13.6. The number of allylic oxidation sites excluding steroid dienone is 10. The zero-order valence-electron chi connectivity index (χ0n) is 38.0. The van der Waals surface area contributed by atoms with Crippen molar-refractivity contribution in [1.82, 2.24) is 0 Å². The molecule has 0 aromatic heterocycles. The SMILES string of the molecule is CC/C=C\C/C=C\C/C=C\C/C=C\C/C=C\CCCCCCCCOCC(COP(=O)(O)OCC(N)C(=O)O)OC(=O)CCCCCCCCCCCCCCCCCC. The molecule has 0 aromatic rings. The van der Waals surface area contributed by atoms with Crippen LogP contribution in [-0.4, -0.2) is 60.5 Å². The number of carbonyl (C=O) groups is 2. The van der Waals surface area contributed by atoms with Gasteiger partial charge in [0.2, 0.25) is 0 Å². The van der Waals surface area contributed by atoms with Crippen LogP contribution in [0.2, 0.25) is 0 Å². The predicted molar refractivity (Wildman–Crippen MR) is 249 cm³/mol. The Morgan fingerprint density at radius 3 is 1.45 bits per heavy atom. The fourth-order valence-electron chi connectivity index (χ4n) is 6.40. The van der Waals surface area contributed by atoms with Crippen LogP contribution in [0.25, 0.3) is 0 Å². The van der Waals surface area contributed by atoms with E-state index in [2.05, 4.69) is 74.6 Å². The first-order valence-electron chi connectivity index (χ1n) is 23.8. The maximum atomic E-state index is 12.7. The van der Waals surface area contributed by atoms with Gasteiger partial charge in [0, 0.05) is 13.0 Å². The summed E-state index contributed by atoms with van der Waals surface area (Å²) in [7, 11) is -4.62. The van der Waals surface area contributed by atoms with Crippen molar-refractivity contribution in [3.63, 3.8) is 0 Å². The van der Waals surface area contributed by atoms with Crippen LogP contribution in [0.1, 0.15) is 200 Å². The molecule has 0 fully saturated rings. The lowest BCUT2D eigenvalue weighted by molar-refractivity contribution is -0.154. The number of carbonyl (C=O) groups excluding carboxylic acids is 1. The summed E-state index contributed by atoms with van der Waals surface area (Å²) in [4.78, 5) is 33.6. The van der Waals surface area contributed by atoms with Crippen molar-refractivity contribution in [2.24, 2.45) is 5.73 Å². The third-order valence-corrected chi connectivity index (χ3v) is 11.0. The minimum Gasteiger partial charge on any atom is -0.480 e. The standard InChI is InChI=1S/C49H88NO9P/c1-3-5-7-9-11-13-15-17-19-21-22-23-24-25-26-28-30-32-34-36-38-40-42-56-43-46(44-57-60(54,55)58-45-47(50)49(52)53)59-48(51)41-39-37-35-33-31-29-27-20-18-16-14-12-10-8-6-4-2/h5,7,11,13,17,19,22-23,25-26,46-47H,3-4,6,8-10,12,14-16,18,20-21,24,27-45,50H2,1-2H3,(H,52,53)(H,54,55)/b7-5-,13-11-,19-17-,23-22-,26-25-. The quantitative estimate of drug-likeness (QED) is 0.0233. The number of hydrogen-bond acceptors (Lipinski definition) is 8. The van der Waals surface area contributed by atoms with Gasteiger partial charge in [-0.1, -0.05) is 197 Å². The van der Waals surface area contributed by atoms with Gasteiger partial charge in [-0.25, -0.2) is 4.57 Å². The normalized spacial score (nSPS) is 14.3. The van der Waals surface area contributed by atoms with Gasteiger partial charge >= 0.3 is 19.8 Å². The zero-order chi connectivity index (χ0) is 44.0. The van der Waals surface area contributed by atoms with Crippen LogP contribution in [0.5, 0.6) is 0 Å². The summed E-state index contributed by atoms with van der Waals surface area (Å²) in [6, 6.07) is -1.48. The van der Waals surface area contributed by atoms with E-state index in [1.807, 2.05) is 0 Å². The largest absolute Gasteiger partial charge is 0.480 e. The number of esters is 1. The summed E-state index contributed by atoms with van der Waals surface area (Å²) in [6.45, 7) is 3.75. The monoisotopic (exact) mass is 866 g/mol. The van der Waals surface area contributed by atoms with E-state index in [0.29, 0.717) is 13.0 Å². The number of phosphoric acid groups is 1. The topological polar surface area (TPSA) is 155 Å². The third kappa shape index (κ3) is 43.7. The molecular formula is C49H88NO9P. The maximum absolute atomic E-state index is 12.7. The molecule has 0 spiro atoms. The second-order valence-electron chi connectivity index (χ2n) is 15.9. The van der Waals surface area contributed by atoms with E-state index in [0.717, 1.165) is 77.0 Å². The molecule has 0 aliphatic rings. The maximum Gasteiger partial charge on any atom is 0.472 e. The minimum absolute atomic E-state index is 0.00653. The fourth-order valence-corrected chi connectivity index (χ4v) is 7.17. The van der Waals surface area contributed by atoms with Crippen molar-refractivity contribution in [1.29, 1.82) is 0 Å². The number of carboxylic acids is 1. The highest BCUT2D eigenvalue weighted by molar-refractivity contribution is 7.47. The van der Waals surface area contributed by atoms with E-state index in [9.17, 15) is 19.0 Å². The van der Waals surface area contributed by atoms with Crippen molar-refractivity contribution < 1.29 is 42.7 Å². The van der Waals surface area contributed by atoms with Crippen molar-refractivity contribution in [2.45, 2.75) is 212 Å². The first-order valence-corrected chi connectivity index (χ1v) is 25.3. The number of carboxylic acid groups (broad SMARTS) is 1. The highest BCUT2D eigenvalue weighted by atomic mass is 31.2. The average Bonchev–Trinajstić information content (AvgIpc) is 3.23. The van der Waals surface area contributed by atoms with Gasteiger partial charge in [0.1, 0.15) is 12.1 Å². The summed E-state index contributed by atoms with van der Waals surface area (Å²) in [6.07, 6.45) is 54.1. The summed E-state index contributed by atoms with van der Waals surface area (Å²) < 4.78 is 33.4. The molecule has 60 heavy (non-hydrogen) atoms. The Balaban J connectivity index is 4.21. The van der Waals surface area contributed by atoms with Gasteiger partial charge in [-0.3, -0.25) is 18.6 Å². The van der Waals surface area contributed by atoms with Crippen molar-refractivity contribution in [2.75, 3.05) is 26.4 Å². The van der Waals surface area contributed by atoms with Gasteiger partial charge in [0.25, 0.3) is 0 Å². The molecule has 10 nitrogen and oxygen atoms in total. The molecule has 0 amide bonds. The summed E-state index contributed by atoms with van der Waals surface area (Å²) in [5.74, 6) is -1.78. The number of aliphatic carboxylic acids is 1. The van der Waals surface area contributed by atoms with E-state index < -0.39 is 45.1 Å². The van der Waals surface area contributed by atoms with Crippen LogP contribution < -0.4 is 5.73 Å².